The molecule has 0 heterocycles. The molecule has 4 saturated carbocycles. The Morgan fingerprint density at radius 1 is 0.885 bits per heavy atom. The van der Waals surface area contributed by atoms with Gasteiger partial charge in [0, 0.05) is 0 Å². The quantitative estimate of drug-likeness (QED) is 0.702. The van der Waals surface area contributed by atoms with Crippen molar-refractivity contribution < 1.29 is 10.2 Å². The Hall–Kier alpha value is -0.0800. The number of aliphatic hydroxyl groups excluding tert-OH is 2. The summed E-state index contributed by atoms with van der Waals surface area (Å²) in [5.41, 5.74) is 0.771. The lowest BCUT2D eigenvalue weighted by atomic mass is 9.41. The van der Waals surface area contributed by atoms with Crippen LogP contribution in [-0.2, 0) is 0 Å². The maximum absolute atomic E-state index is 11.6. The molecule has 150 valence electrons. The fourth-order valence-electron chi connectivity index (χ4n) is 9.09. The van der Waals surface area contributed by atoms with Gasteiger partial charge in [0.05, 0.1) is 12.2 Å². The van der Waals surface area contributed by atoms with Gasteiger partial charge < -0.3 is 10.2 Å². The van der Waals surface area contributed by atoms with Crippen molar-refractivity contribution in [2.75, 3.05) is 0 Å². The number of fused-ring (bicyclic) bond motifs is 5. The van der Waals surface area contributed by atoms with E-state index in [9.17, 15) is 10.2 Å². The van der Waals surface area contributed by atoms with E-state index >= 15 is 0 Å². The van der Waals surface area contributed by atoms with Crippen molar-refractivity contribution in [2.45, 2.75) is 98.2 Å². The third-order valence-corrected chi connectivity index (χ3v) is 10.3. The summed E-state index contributed by atoms with van der Waals surface area (Å²) in [7, 11) is 0. The zero-order valence-electron chi connectivity index (χ0n) is 17.7. The van der Waals surface area contributed by atoms with Gasteiger partial charge in [-0.3, -0.25) is 0 Å². The molecule has 0 aromatic heterocycles. The molecule has 0 aromatic rings. The highest BCUT2D eigenvalue weighted by molar-refractivity contribution is 5.13. The molecule has 2 heteroatoms. The molecule has 7 unspecified atom stereocenters. The number of aliphatic hydroxyl groups is 2. The second-order valence-electron chi connectivity index (χ2n) is 11.4. The first-order chi connectivity index (χ1) is 12.2. The zero-order valence-corrected chi connectivity index (χ0v) is 17.7. The summed E-state index contributed by atoms with van der Waals surface area (Å²) >= 11 is 0. The summed E-state index contributed by atoms with van der Waals surface area (Å²) in [6.45, 7) is 12.2. The second kappa shape index (κ2) is 6.48. The van der Waals surface area contributed by atoms with Crippen molar-refractivity contribution in [3.05, 3.63) is 0 Å². The summed E-state index contributed by atoms with van der Waals surface area (Å²) < 4.78 is 0. The first-order valence-electron chi connectivity index (χ1n) is 11.6. The lowest BCUT2D eigenvalue weighted by molar-refractivity contribution is -0.203. The Balaban J connectivity index is 1.71. The van der Waals surface area contributed by atoms with E-state index < -0.39 is 0 Å². The molecule has 0 saturated heterocycles. The molecule has 0 aromatic carbocycles. The van der Waals surface area contributed by atoms with Gasteiger partial charge in [-0.25, -0.2) is 0 Å². The Kier molecular flexibility index (Phi) is 4.79. The van der Waals surface area contributed by atoms with E-state index in [4.69, 9.17) is 0 Å². The summed E-state index contributed by atoms with van der Waals surface area (Å²) in [4.78, 5) is 0. The van der Waals surface area contributed by atoms with Gasteiger partial charge in [-0.2, -0.15) is 0 Å². The van der Waals surface area contributed by atoms with Crippen LogP contribution < -0.4 is 0 Å². The normalized spacial score (nSPS) is 56.8. The van der Waals surface area contributed by atoms with Crippen molar-refractivity contribution in [1.29, 1.82) is 0 Å². The van der Waals surface area contributed by atoms with Crippen molar-refractivity contribution >= 4 is 0 Å². The van der Waals surface area contributed by atoms with Gasteiger partial charge in [-0.15, -0.1) is 0 Å². The molecule has 0 spiro atoms. The molecule has 2 nitrogen and oxygen atoms in total. The Morgan fingerprint density at radius 2 is 1.54 bits per heavy atom. The summed E-state index contributed by atoms with van der Waals surface area (Å²) in [5, 5.41) is 22.0. The molecule has 4 fully saturated rings. The minimum Gasteiger partial charge on any atom is -0.393 e. The van der Waals surface area contributed by atoms with Crippen molar-refractivity contribution in [2.24, 2.45) is 52.3 Å². The summed E-state index contributed by atoms with van der Waals surface area (Å²) in [5.74, 6) is 4.37. The van der Waals surface area contributed by atoms with Crippen molar-refractivity contribution in [3.63, 3.8) is 0 Å². The fraction of sp³-hybridized carbons (Fsp3) is 1.00. The summed E-state index contributed by atoms with van der Waals surface area (Å²) in [6, 6.07) is 0. The van der Waals surface area contributed by atoms with Gasteiger partial charge in [0.25, 0.3) is 0 Å². The van der Waals surface area contributed by atoms with Crippen LogP contribution in [0.15, 0.2) is 0 Å². The molecule has 0 bridgehead atoms. The maximum Gasteiger partial charge on any atom is 0.0605 e. The van der Waals surface area contributed by atoms with Crippen LogP contribution in [-0.4, -0.2) is 22.4 Å². The lowest BCUT2D eigenvalue weighted by Crippen LogP contribution is -2.62. The minimum atomic E-state index is -0.149. The van der Waals surface area contributed by atoms with Crippen molar-refractivity contribution in [3.8, 4) is 0 Å². The molecule has 26 heavy (non-hydrogen) atoms. The molecule has 0 aliphatic heterocycles. The van der Waals surface area contributed by atoms with Gasteiger partial charge in [0.1, 0.15) is 0 Å². The number of rotatable bonds is 2. The number of hydrogen-bond donors (Lipinski definition) is 2. The van der Waals surface area contributed by atoms with Crippen LogP contribution in [0.4, 0.5) is 0 Å². The Labute approximate surface area is 161 Å². The minimum absolute atomic E-state index is 0.142. The SMILES string of the molecule is CC[C@@H]1C2C[C@H](O)CCC2(C)C2CCC3(C)C(C(C)C)CCC3C2[C@@H]1O. The molecule has 0 radical (unpaired) electrons. The average Bonchev–Trinajstić information content (AvgIpc) is 2.94. The first-order valence-corrected chi connectivity index (χ1v) is 11.6. The first kappa shape index (κ1) is 19.2. The van der Waals surface area contributed by atoms with Gasteiger partial charge in [0.2, 0.25) is 0 Å². The highest BCUT2D eigenvalue weighted by Crippen LogP contribution is 2.69. The van der Waals surface area contributed by atoms with E-state index in [1.54, 1.807) is 0 Å². The highest BCUT2D eigenvalue weighted by Gasteiger charge is 2.64. The van der Waals surface area contributed by atoms with Crippen LogP contribution in [0.1, 0.15) is 86.0 Å². The molecule has 4 aliphatic carbocycles. The molecule has 4 rings (SSSR count). The van der Waals surface area contributed by atoms with E-state index in [1.807, 2.05) is 0 Å². The van der Waals surface area contributed by atoms with Crippen LogP contribution in [0.5, 0.6) is 0 Å². The second-order valence-corrected chi connectivity index (χ2v) is 11.4. The topological polar surface area (TPSA) is 40.5 Å². The molecule has 10 atom stereocenters. The average molecular weight is 363 g/mol. The van der Waals surface area contributed by atoms with Gasteiger partial charge in [-0.1, -0.05) is 41.0 Å². The van der Waals surface area contributed by atoms with Gasteiger partial charge in [-0.05, 0) is 97.2 Å². The van der Waals surface area contributed by atoms with E-state index in [0.717, 1.165) is 31.1 Å². The highest BCUT2D eigenvalue weighted by atomic mass is 16.3. The molecule has 2 N–H and O–H groups in total. The third kappa shape index (κ3) is 2.50. The van der Waals surface area contributed by atoms with Crippen LogP contribution in [0.3, 0.4) is 0 Å². The van der Waals surface area contributed by atoms with E-state index in [1.165, 1.54) is 32.1 Å². The monoisotopic (exact) mass is 362 g/mol. The summed E-state index contributed by atoms with van der Waals surface area (Å²) in [6.07, 6.45) is 9.19. The molecule has 4 aliphatic rings. The molecular formula is C24H42O2. The van der Waals surface area contributed by atoms with Crippen LogP contribution in [0.25, 0.3) is 0 Å². The Morgan fingerprint density at radius 3 is 2.19 bits per heavy atom. The van der Waals surface area contributed by atoms with Crippen LogP contribution in [0, 0.1) is 52.3 Å². The van der Waals surface area contributed by atoms with E-state index in [0.29, 0.717) is 40.4 Å². The predicted molar refractivity (Wildman–Crippen MR) is 107 cm³/mol. The standard InChI is InChI=1S/C24H42O2/c1-6-16-20-13-15(25)9-11-24(20,5)19-10-12-23(4)17(14(2)3)7-8-18(23)21(19)22(16)26/h14-22,25-26H,6-13H2,1-5H3/t15-,16-,17?,18?,19?,20?,21?,22-,23?,24?/m1/s1. The third-order valence-electron chi connectivity index (χ3n) is 10.3. The largest absolute Gasteiger partial charge is 0.393 e. The smallest absolute Gasteiger partial charge is 0.0605 e. The lowest BCUT2D eigenvalue weighted by Gasteiger charge is -2.64. The van der Waals surface area contributed by atoms with Gasteiger partial charge >= 0.3 is 0 Å². The van der Waals surface area contributed by atoms with E-state index in [2.05, 4.69) is 34.6 Å². The molecular weight excluding hydrogens is 320 g/mol. The van der Waals surface area contributed by atoms with Gasteiger partial charge in [0.15, 0.2) is 0 Å². The number of hydrogen-bond acceptors (Lipinski definition) is 2. The zero-order chi connectivity index (χ0) is 18.9. The predicted octanol–water partition coefficient (Wildman–Crippen LogP) is 5.27. The maximum atomic E-state index is 11.6. The van der Waals surface area contributed by atoms with Crippen LogP contribution in [0.2, 0.25) is 0 Å². The van der Waals surface area contributed by atoms with E-state index in [-0.39, 0.29) is 12.2 Å². The fourth-order valence-corrected chi connectivity index (χ4v) is 9.09. The molecule has 0 amide bonds. The van der Waals surface area contributed by atoms with Crippen molar-refractivity contribution in [1.82, 2.24) is 0 Å². The van der Waals surface area contributed by atoms with Crippen LogP contribution >= 0.6 is 0 Å². The Bertz CT molecular complexity index is 530.